The summed E-state index contributed by atoms with van der Waals surface area (Å²) >= 11 is 9.69. The van der Waals surface area contributed by atoms with Crippen LogP contribution in [0.4, 0.5) is 5.69 Å². The predicted octanol–water partition coefficient (Wildman–Crippen LogP) is 4.45. The van der Waals surface area contributed by atoms with Gasteiger partial charge in [-0.3, -0.25) is 13.9 Å². The van der Waals surface area contributed by atoms with Crippen LogP contribution in [0.2, 0.25) is 5.02 Å². The molecule has 0 bridgehead atoms. The second-order valence-electron chi connectivity index (χ2n) is 8.43. The minimum Gasteiger partial charge on any atom is -0.354 e. The first-order chi connectivity index (χ1) is 15.9. The summed E-state index contributed by atoms with van der Waals surface area (Å²) in [6, 6.07) is 13.0. The third-order valence-corrected chi connectivity index (χ3v) is 7.15. The normalized spacial score (nSPS) is 12.3. The minimum absolute atomic E-state index is 0.0716. The van der Waals surface area contributed by atoms with Gasteiger partial charge in [0.15, 0.2) is 0 Å². The zero-order chi connectivity index (χ0) is 25.5. The van der Waals surface area contributed by atoms with Gasteiger partial charge in [-0.15, -0.1) is 0 Å². The van der Waals surface area contributed by atoms with Crippen LogP contribution in [0.5, 0.6) is 0 Å². The van der Waals surface area contributed by atoms with Crippen molar-refractivity contribution in [3.05, 3.63) is 63.6 Å². The van der Waals surface area contributed by atoms with Crippen LogP contribution in [0.3, 0.4) is 0 Å². The number of carbonyl (C=O) groups is 2. The van der Waals surface area contributed by atoms with Gasteiger partial charge in [-0.1, -0.05) is 72.6 Å². The molecule has 7 nitrogen and oxygen atoms in total. The van der Waals surface area contributed by atoms with E-state index in [0.29, 0.717) is 33.7 Å². The van der Waals surface area contributed by atoms with Crippen LogP contribution >= 0.6 is 27.5 Å². The summed E-state index contributed by atoms with van der Waals surface area (Å²) in [5, 5.41) is 3.35. The molecule has 2 aromatic carbocycles. The fraction of sp³-hybridized carbons (Fsp3) is 0.417. The fourth-order valence-corrected chi connectivity index (χ4v) is 4.82. The number of halogens is 2. The molecular weight excluding hydrogens is 542 g/mol. The molecular formula is C24H31BrClN3O4S. The number of hydrogen-bond acceptors (Lipinski definition) is 4. The molecule has 0 radical (unpaired) electrons. The van der Waals surface area contributed by atoms with Crippen molar-refractivity contribution in [2.24, 2.45) is 5.92 Å². The van der Waals surface area contributed by atoms with Crippen molar-refractivity contribution in [2.75, 3.05) is 23.7 Å². The molecule has 0 saturated carbocycles. The minimum atomic E-state index is -3.78. The molecule has 0 aromatic heterocycles. The Morgan fingerprint density at radius 2 is 1.79 bits per heavy atom. The number of benzene rings is 2. The Labute approximate surface area is 215 Å². The summed E-state index contributed by atoms with van der Waals surface area (Å²) in [4.78, 5) is 28.0. The quantitative estimate of drug-likeness (QED) is 0.431. The van der Waals surface area contributed by atoms with E-state index in [9.17, 15) is 18.0 Å². The van der Waals surface area contributed by atoms with Crippen molar-refractivity contribution in [2.45, 2.75) is 39.8 Å². The Morgan fingerprint density at radius 1 is 1.12 bits per heavy atom. The lowest BCUT2D eigenvalue weighted by molar-refractivity contribution is -0.140. The van der Waals surface area contributed by atoms with Crippen molar-refractivity contribution in [1.29, 1.82) is 0 Å². The molecule has 0 aliphatic heterocycles. The molecule has 186 valence electrons. The van der Waals surface area contributed by atoms with E-state index in [-0.39, 0.29) is 18.4 Å². The highest BCUT2D eigenvalue weighted by Crippen LogP contribution is 2.24. The Morgan fingerprint density at radius 3 is 2.35 bits per heavy atom. The molecule has 0 aliphatic rings. The lowest BCUT2D eigenvalue weighted by atomic mass is 10.1. The van der Waals surface area contributed by atoms with Crippen LogP contribution in [-0.4, -0.2) is 50.5 Å². The van der Waals surface area contributed by atoms with Gasteiger partial charge in [0.1, 0.15) is 12.6 Å². The molecule has 0 fully saturated rings. The summed E-state index contributed by atoms with van der Waals surface area (Å²) in [5.74, 6) is -0.548. The van der Waals surface area contributed by atoms with Crippen molar-refractivity contribution in [1.82, 2.24) is 10.2 Å². The van der Waals surface area contributed by atoms with Gasteiger partial charge in [-0.2, -0.15) is 0 Å². The summed E-state index contributed by atoms with van der Waals surface area (Å²) in [6.45, 7) is 5.87. The average molecular weight is 573 g/mol. The number of nitrogens with zero attached hydrogens (tertiary/aromatic N) is 2. The van der Waals surface area contributed by atoms with Crippen LogP contribution in [-0.2, 0) is 26.2 Å². The van der Waals surface area contributed by atoms with E-state index < -0.39 is 28.5 Å². The van der Waals surface area contributed by atoms with Gasteiger partial charge in [0.05, 0.1) is 11.9 Å². The summed E-state index contributed by atoms with van der Waals surface area (Å²) in [5.41, 5.74) is 1.02. The zero-order valence-corrected chi connectivity index (χ0v) is 23.0. The number of hydrogen-bond donors (Lipinski definition) is 1. The summed E-state index contributed by atoms with van der Waals surface area (Å²) < 4.78 is 26.9. The first kappa shape index (κ1) is 28.1. The Hall–Kier alpha value is -2.10. The second-order valence-corrected chi connectivity index (χ2v) is 11.7. The first-order valence-electron chi connectivity index (χ1n) is 11.0. The number of amides is 2. The third kappa shape index (κ3) is 7.99. The molecule has 2 amide bonds. The molecule has 0 unspecified atom stereocenters. The Balaban J connectivity index is 2.43. The monoisotopic (exact) mass is 571 g/mol. The smallest absolute Gasteiger partial charge is 0.244 e. The number of sulfonamides is 1. The highest BCUT2D eigenvalue weighted by molar-refractivity contribution is 9.10. The van der Waals surface area contributed by atoms with Crippen LogP contribution in [0.15, 0.2) is 53.0 Å². The maximum atomic E-state index is 13.6. The van der Waals surface area contributed by atoms with E-state index in [0.717, 1.165) is 10.6 Å². The van der Waals surface area contributed by atoms with Gasteiger partial charge in [0.2, 0.25) is 21.8 Å². The third-order valence-electron chi connectivity index (χ3n) is 5.14. The van der Waals surface area contributed by atoms with Gasteiger partial charge in [0.25, 0.3) is 0 Å². The highest BCUT2D eigenvalue weighted by Gasteiger charge is 2.32. The summed E-state index contributed by atoms with van der Waals surface area (Å²) in [7, 11) is -3.78. The highest BCUT2D eigenvalue weighted by atomic mass is 79.9. The van der Waals surface area contributed by atoms with E-state index in [1.165, 1.54) is 4.90 Å². The fourth-order valence-electron chi connectivity index (χ4n) is 3.40. The van der Waals surface area contributed by atoms with E-state index in [2.05, 4.69) is 21.2 Å². The molecule has 10 heteroatoms. The van der Waals surface area contributed by atoms with E-state index >= 15 is 0 Å². The Kier molecular flexibility index (Phi) is 10.4. The zero-order valence-electron chi connectivity index (χ0n) is 19.8. The van der Waals surface area contributed by atoms with Crippen molar-refractivity contribution >= 4 is 55.1 Å². The lowest BCUT2D eigenvalue weighted by Crippen LogP contribution is -2.52. The molecule has 1 atom stereocenters. The van der Waals surface area contributed by atoms with Gasteiger partial charge >= 0.3 is 0 Å². The molecule has 2 rings (SSSR count). The van der Waals surface area contributed by atoms with Crippen LogP contribution in [0, 0.1) is 5.92 Å². The average Bonchev–Trinajstić information content (AvgIpc) is 2.76. The van der Waals surface area contributed by atoms with E-state index in [1.807, 2.05) is 20.8 Å². The number of nitrogens with one attached hydrogen (secondary N) is 1. The molecule has 1 N–H and O–H groups in total. The largest absolute Gasteiger partial charge is 0.354 e. The number of rotatable bonds is 11. The number of anilines is 1. The van der Waals surface area contributed by atoms with Gasteiger partial charge in [-0.25, -0.2) is 8.42 Å². The molecule has 0 heterocycles. The SMILES string of the molecule is CC[C@H](C(=O)NCC(C)C)N(Cc1ccccc1Cl)C(=O)CN(c1cccc(Br)c1)S(C)(=O)=O. The van der Waals surface area contributed by atoms with Crippen LogP contribution in [0.1, 0.15) is 32.8 Å². The second kappa shape index (κ2) is 12.6. The van der Waals surface area contributed by atoms with Crippen LogP contribution < -0.4 is 9.62 Å². The van der Waals surface area contributed by atoms with Crippen molar-refractivity contribution < 1.29 is 18.0 Å². The molecule has 0 saturated heterocycles. The summed E-state index contributed by atoms with van der Waals surface area (Å²) in [6.07, 6.45) is 1.40. The topological polar surface area (TPSA) is 86.8 Å². The molecule has 2 aromatic rings. The van der Waals surface area contributed by atoms with Crippen molar-refractivity contribution in [3.8, 4) is 0 Å². The Bertz CT molecular complexity index is 1110. The van der Waals surface area contributed by atoms with E-state index in [1.54, 1.807) is 48.5 Å². The number of carbonyl (C=O) groups excluding carboxylic acids is 2. The maximum Gasteiger partial charge on any atom is 0.244 e. The molecule has 0 aliphatic carbocycles. The van der Waals surface area contributed by atoms with Gasteiger partial charge in [0, 0.05) is 22.6 Å². The standard InChI is InChI=1S/C24H31BrClN3O4S/c1-5-22(24(31)27-14-17(2)3)28(15-18-9-6-7-12-21(18)26)23(30)16-29(34(4,32)33)20-11-8-10-19(25)13-20/h6-13,17,22H,5,14-16H2,1-4H3,(H,27,31)/t22-/m1/s1. The molecule has 0 spiro atoms. The van der Waals surface area contributed by atoms with E-state index in [4.69, 9.17) is 11.6 Å². The maximum absolute atomic E-state index is 13.6. The first-order valence-corrected chi connectivity index (χ1v) is 14.0. The van der Waals surface area contributed by atoms with Gasteiger partial charge < -0.3 is 10.2 Å². The van der Waals surface area contributed by atoms with Gasteiger partial charge in [-0.05, 0) is 42.2 Å². The lowest BCUT2D eigenvalue weighted by Gasteiger charge is -2.33. The van der Waals surface area contributed by atoms with Crippen molar-refractivity contribution in [3.63, 3.8) is 0 Å². The predicted molar refractivity (Wildman–Crippen MR) is 140 cm³/mol. The molecule has 34 heavy (non-hydrogen) atoms. The van der Waals surface area contributed by atoms with Crippen LogP contribution in [0.25, 0.3) is 0 Å².